The van der Waals surface area contributed by atoms with Crippen LogP contribution in [0.4, 0.5) is 0 Å². The van der Waals surface area contributed by atoms with Crippen LogP contribution in [-0.4, -0.2) is 58.0 Å². The first-order chi connectivity index (χ1) is 16.3. The molecule has 0 radical (unpaired) electrons. The monoisotopic (exact) mass is 489 g/mol. The van der Waals surface area contributed by atoms with Crippen LogP contribution in [0, 0.1) is 0 Å². The van der Waals surface area contributed by atoms with Crippen LogP contribution >= 0.6 is 0 Å². The van der Waals surface area contributed by atoms with E-state index in [9.17, 15) is 18.0 Å². The van der Waals surface area contributed by atoms with Gasteiger partial charge in [0.05, 0.1) is 4.90 Å². The van der Waals surface area contributed by atoms with Crippen molar-refractivity contribution in [3.63, 3.8) is 0 Å². The number of amides is 2. The fraction of sp³-hybridized carbons (Fsp3) is 0.440. The molecular weight excluding hydrogens is 454 g/mol. The van der Waals surface area contributed by atoms with Gasteiger partial charge >= 0.3 is 0 Å². The van der Waals surface area contributed by atoms with E-state index in [1.165, 1.54) is 12.1 Å². The summed E-state index contributed by atoms with van der Waals surface area (Å²) in [6.07, 6.45) is 1.34. The number of nitrogens with one attached hydrogen (secondary N) is 2. The number of carbonyl (C=O) groups excluding carboxylic acids is 2. The molecule has 0 fully saturated rings. The quantitative estimate of drug-likeness (QED) is 0.397. The number of rotatable bonds is 14. The Morgan fingerprint density at radius 3 is 2.32 bits per heavy atom. The Hall–Kier alpha value is -2.75. The normalized spacial score (nSPS) is 12.2. The maximum absolute atomic E-state index is 13.2. The first-order valence-corrected chi connectivity index (χ1v) is 13.0. The zero-order chi connectivity index (χ0) is 25.0. The smallest absolute Gasteiger partial charge is 0.242 e. The van der Waals surface area contributed by atoms with Gasteiger partial charge < -0.3 is 15.0 Å². The van der Waals surface area contributed by atoms with Crippen molar-refractivity contribution in [1.29, 1.82) is 0 Å². The van der Waals surface area contributed by atoms with E-state index < -0.39 is 16.1 Å². The second kappa shape index (κ2) is 13.8. The summed E-state index contributed by atoms with van der Waals surface area (Å²) in [7, 11) is -1.91. The predicted molar refractivity (Wildman–Crippen MR) is 132 cm³/mol. The van der Waals surface area contributed by atoms with Crippen molar-refractivity contribution in [3.8, 4) is 0 Å². The van der Waals surface area contributed by atoms with E-state index in [1.54, 1.807) is 38.0 Å². The van der Waals surface area contributed by atoms with Crippen LogP contribution in [0.2, 0.25) is 0 Å². The van der Waals surface area contributed by atoms with Crippen molar-refractivity contribution in [2.75, 3.05) is 26.8 Å². The summed E-state index contributed by atoms with van der Waals surface area (Å²) in [5, 5.41) is 2.87. The molecule has 0 heterocycles. The third kappa shape index (κ3) is 8.55. The zero-order valence-corrected chi connectivity index (χ0v) is 20.9. The van der Waals surface area contributed by atoms with Gasteiger partial charge in [0.25, 0.3) is 0 Å². The molecule has 2 amide bonds. The third-order valence-electron chi connectivity index (χ3n) is 5.38. The first-order valence-electron chi connectivity index (χ1n) is 11.5. The number of sulfonamides is 1. The number of hydrogen-bond donors (Lipinski definition) is 2. The Kier molecular flexibility index (Phi) is 11.2. The van der Waals surface area contributed by atoms with E-state index in [4.69, 9.17) is 4.74 Å². The number of hydrogen-bond acceptors (Lipinski definition) is 5. The van der Waals surface area contributed by atoms with E-state index in [0.717, 1.165) is 11.1 Å². The second-order valence-corrected chi connectivity index (χ2v) is 9.73. The molecule has 8 nitrogen and oxygen atoms in total. The molecule has 186 valence electrons. The van der Waals surface area contributed by atoms with Gasteiger partial charge in [-0.25, -0.2) is 13.1 Å². The Morgan fingerprint density at radius 1 is 1.03 bits per heavy atom. The molecule has 2 N–H and O–H groups in total. The van der Waals surface area contributed by atoms with Crippen molar-refractivity contribution < 1.29 is 22.7 Å². The average Bonchev–Trinajstić information content (AvgIpc) is 2.84. The summed E-state index contributed by atoms with van der Waals surface area (Å²) in [6.45, 7) is 5.12. The molecule has 9 heteroatoms. The summed E-state index contributed by atoms with van der Waals surface area (Å²) < 4.78 is 31.7. The summed E-state index contributed by atoms with van der Waals surface area (Å²) in [5.74, 6) is -0.355. The zero-order valence-electron chi connectivity index (χ0n) is 20.1. The molecule has 0 aromatic heterocycles. The number of aryl methyl sites for hydroxylation is 1. The maximum atomic E-state index is 13.2. The minimum Gasteiger partial charge on any atom is -0.385 e. The van der Waals surface area contributed by atoms with E-state index >= 15 is 0 Å². The Labute approximate surface area is 202 Å². The van der Waals surface area contributed by atoms with Crippen molar-refractivity contribution >= 4 is 21.8 Å². The molecule has 34 heavy (non-hydrogen) atoms. The van der Waals surface area contributed by atoms with E-state index in [-0.39, 0.29) is 23.1 Å². The van der Waals surface area contributed by atoms with Gasteiger partial charge in [-0.3, -0.25) is 9.59 Å². The Balaban J connectivity index is 2.06. The summed E-state index contributed by atoms with van der Waals surface area (Å²) in [5.41, 5.74) is 1.79. The highest BCUT2D eigenvalue weighted by molar-refractivity contribution is 7.89. The molecule has 2 aromatic carbocycles. The van der Waals surface area contributed by atoms with Crippen LogP contribution in [0.5, 0.6) is 0 Å². The van der Waals surface area contributed by atoms with E-state index in [0.29, 0.717) is 39.1 Å². The van der Waals surface area contributed by atoms with Crippen LogP contribution in [-0.2, 0) is 37.3 Å². The predicted octanol–water partition coefficient (Wildman–Crippen LogP) is 2.49. The number of nitrogens with zero attached hydrogens (tertiary/aromatic N) is 1. The highest BCUT2D eigenvalue weighted by atomic mass is 32.2. The molecule has 2 aromatic rings. The van der Waals surface area contributed by atoms with Gasteiger partial charge in [0.15, 0.2) is 0 Å². The molecule has 0 spiro atoms. The molecule has 0 aliphatic carbocycles. The van der Waals surface area contributed by atoms with Gasteiger partial charge in [0, 0.05) is 39.8 Å². The molecular formula is C25H35N3O5S. The summed E-state index contributed by atoms with van der Waals surface area (Å²) >= 11 is 0. The van der Waals surface area contributed by atoms with Crippen LogP contribution in [0.3, 0.4) is 0 Å². The number of benzene rings is 2. The number of methoxy groups -OCH3 is 1. The lowest BCUT2D eigenvalue weighted by Crippen LogP contribution is -2.48. The Bertz CT molecular complexity index is 1010. The molecule has 0 saturated heterocycles. The highest BCUT2D eigenvalue weighted by Crippen LogP contribution is 2.15. The molecule has 0 bridgehead atoms. The molecule has 0 aliphatic rings. The minimum atomic E-state index is -3.52. The van der Waals surface area contributed by atoms with Gasteiger partial charge in [-0.1, -0.05) is 49.4 Å². The minimum absolute atomic E-state index is 0.146. The second-order valence-electron chi connectivity index (χ2n) is 7.97. The highest BCUT2D eigenvalue weighted by Gasteiger charge is 2.25. The molecule has 0 aliphatic heterocycles. The molecule has 1 atom stereocenters. The number of ether oxygens (including phenoxy) is 1. The van der Waals surface area contributed by atoms with Gasteiger partial charge in [0.1, 0.15) is 6.04 Å². The van der Waals surface area contributed by atoms with Crippen molar-refractivity contribution in [2.45, 2.75) is 50.6 Å². The summed E-state index contributed by atoms with van der Waals surface area (Å²) in [4.78, 5) is 27.6. The van der Waals surface area contributed by atoms with Crippen molar-refractivity contribution in [2.24, 2.45) is 0 Å². The van der Waals surface area contributed by atoms with Crippen LogP contribution < -0.4 is 10.0 Å². The lowest BCUT2D eigenvalue weighted by atomic mass is 10.1. The fourth-order valence-corrected chi connectivity index (χ4v) is 4.48. The molecule has 0 unspecified atom stereocenters. The van der Waals surface area contributed by atoms with Crippen molar-refractivity contribution in [1.82, 2.24) is 14.9 Å². The van der Waals surface area contributed by atoms with Crippen LogP contribution in [0.15, 0.2) is 59.5 Å². The number of carbonyl (C=O) groups is 2. The van der Waals surface area contributed by atoms with Gasteiger partial charge in [-0.05, 0) is 43.0 Å². The largest absolute Gasteiger partial charge is 0.385 e. The van der Waals surface area contributed by atoms with E-state index in [2.05, 4.69) is 10.0 Å². The van der Waals surface area contributed by atoms with Gasteiger partial charge in [-0.2, -0.15) is 0 Å². The topological polar surface area (TPSA) is 105 Å². The Morgan fingerprint density at radius 2 is 1.71 bits per heavy atom. The lowest BCUT2D eigenvalue weighted by molar-refractivity contribution is -0.140. The molecule has 2 rings (SSSR count). The lowest BCUT2D eigenvalue weighted by Gasteiger charge is -2.29. The standard InChI is InChI=1S/C25H35N3O5S/c1-4-27-34(31,32)23-14-11-21(12-15-23)13-16-24(29)28(19-22-9-6-5-7-10-22)20(2)25(30)26-17-8-18-33-3/h5-7,9-12,14-15,20,27H,4,8,13,16-19H2,1-3H3,(H,26,30)/t20-/m0/s1. The van der Waals surface area contributed by atoms with Crippen molar-refractivity contribution in [3.05, 3.63) is 65.7 Å². The van der Waals surface area contributed by atoms with E-state index in [1.807, 2.05) is 30.3 Å². The van der Waals surface area contributed by atoms with Gasteiger partial charge in [-0.15, -0.1) is 0 Å². The van der Waals surface area contributed by atoms with Crippen LogP contribution in [0.25, 0.3) is 0 Å². The third-order valence-corrected chi connectivity index (χ3v) is 6.94. The summed E-state index contributed by atoms with van der Waals surface area (Å²) in [6, 6.07) is 15.4. The van der Waals surface area contributed by atoms with Crippen LogP contribution in [0.1, 0.15) is 37.8 Å². The first kappa shape index (κ1) is 27.5. The maximum Gasteiger partial charge on any atom is 0.242 e. The van der Waals surface area contributed by atoms with Gasteiger partial charge in [0.2, 0.25) is 21.8 Å². The SMILES string of the molecule is CCNS(=O)(=O)c1ccc(CCC(=O)N(Cc2ccccc2)[C@@H](C)C(=O)NCCCOC)cc1. The molecule has 0 saturated carbocycles. The average molecular weight is 490 g/mol. The fourth-order valence-electron chi connectivity index (χ4n) is 3.44.